The fourth-order valence-corrected chi connectivity index (χ4v) is 3.65. The molecule has 166 valence electrons. The van der Waals surface area contributed by atoms with Crippen LogP contribution in [-0.2, 0) is 16.8 Å². The Labute approximate surface area is 196 Å². The quantitative estimate of drug-likeness (QED) is 0.334. The molecule has 0 radical (unpaired) electrons. The minimum atomic E-state index is -2.01. The number of benzene rings is 2. The maximum absolute atomic E-state index is 12.8. The summed E-state index contributed by atoms with van der Waals surface area (Å²) in [6.07, 6.45) is 1.61. The monoisotopic (exact) mass is 480 g/mol. The number of hydrogen-bond acceptors (Lipinski definition) is 7. The molecule has 2 heterocycles. The number of anilines is 3. The van der Waals surface area contributed by atoms with Crippen LogP contribution in [0.5, 0.6) is 0 Å². The van der Waals surface area contributed by atoms with Crippen LogP contribution in [0.3, 0.4) is 0 Å². The average Bonchev–Trinajstić information content (AvgIpc) is 2.80. The minimum absolute atomic E-state index is 0.00527. The largest absolute Gasteiger partial charge is 0.324 e. The molecule has 0 aliphatic carbocycles. The van der Waals surface area contributed by atoms with Crippen molar-refractivity contribution in [1.82, 2.24) is 19.9 Å². The number of amides is 1. The Morgan fingerprint density at radius 1 is 0.970 bits per heavy atom. The fraction of sp³-hybridized carbons (Fsp3) is 0.0455. The molecule has 0 fully saturated rings. The van der Waals surface area contributed by atoms with E-state index in [0.29, 0.717) is 11.3 Å². The third kappa shape index (κ3) is 5.95. The van der Waals surface area contributed by atoms with Gasteiger partial charge < -0.3 is 9.87 Å². The van der Waals surface area contributed by atoms with Crippen LogP contribution in [-0.4, -0.2) is 34.6 Å². The van der Waals surface area contributed by atoms with Crippen LogP contribution in [0.25, 0.3) is 11.5 Å². The van der Waals surface area contributed by atoms with Crippen LogP contribution in [0.1, 0.15) is 15.9 Å². The highest BCUT2D eigenvalue weighted by Crippen LogP contribution is 2.22. The summed E-state index contributed by atoms with van der Waals surface area (Å²) in [5, 5.41) is 5.85. The minimum Gasteiger partial charge on any atom is -0.324 e. The van der Waals surface area contributed by atoms with Gasteiger partial charge in [0.25, 0.3) is 5.91 Å². The smallest absolute Gasteiger partial charge is 0.259 e. The highest BCUT2D eigenvalue weighted by atomic mass is 35.5. The number of nitrogens with zero attached hydrogens (tertiary/aromatic N) is 4. The van der Waals surface area contributed by atoms with Crippen molar-refractivity contribution in [2.24, 2.45) is 0 Å². The van der Waals surface area contributed by atoms with Gasteiger partial charge >= 0.3 is 0 Å². The number of aromatic nitrogens is 4. The maximum Gasteiger partial charge on any atom is 0.259 e. The molecule has 2 aromatic heterocycles. The number of carbonyl (C=O) groups is 1. The van der Waals surface area contributed by atoms with Crippen molar-refractivity contribution in [3.63, 3.8) is 0 Å². The lowest BCUT2D eigenvalue weighted by Gasteiger charge is -2.10. The molecule has 4 rings (SSSR count). The number of rotatable bonds is 7. The van der Waals surface area contributed by atoms with E-state index in [1.807, 2.05) is 30.3 Å². The van der Waals surface area contributed by atoms with Gasteiger partial charge in [-0.2, -0.15) is 15.0 Å². The summed E-state index contributed by atoms with van der Waals surface area (Å²) in [4.78, 5) is 30.1. The van der Waals surface area contributed by atoms with Gasteiger partial charge in [0.1, 0.15) is 5.69 Å². The molecule has 33 heavy (non-hydrogen) atoms. The zero-order valence-electron chi connectivity index (χ0n) is 17.0. The van der Waals surface area contributed by atoms with Gasteiger partial charge in [0.2, 0.25) is 11.9 Å². The molecule has 0 aliphatic heterocycles. The number of nitrogens with one attached hydrogen (secondary N) is 2. The Morgan fingerprint density at radius 3 is 2.42 bits per heavy atom. The van der Waals surface area contributed by atoms with Gasteiger partial charge in [0.05, 0.1) is 16.3 Å². The van der Waals surface area contributed by atoms with Crippen molar-refractivity contribution < 1.29 is 13.6 Å². The third-order valence-electron chi connectivity index (χ3n) is 4.35. The molecule has 0 aliphatic rings. The molecule has 0 spiro atoms. The van der Waals surface area contributed by atoms with Gasteiger partial charge in [-0.25, -0.2) is 4.21 Å². The fourth-order valence-electron chi connectivity index (χ4n) is 2.89. The van der Waals surface area contributed by atoms with E-state index in [2.05, 4.69) is 30.6 Å². The van der Waals surface area contributed by atoms with E-state index in [1.54, 1.807) is 30.5 Å². The van der Waals surface area contributed by atoms with Crippen molar-refractivity contribution in [2.45, 2.75) is 5.75 Å². The zero-order chi connectivity index (χ0) is 23.2. The van der Waals surface area contributed by atoms with E-state index in [4.69, 9.17) is 16.2 Å². The lowest BCUT2D eigenvalue weighted by atomic mass is 10.1. The highest BCUT2D eigenvalue weighted by molar-refractivity contribution is 7.78. The Bertz CT molecular complexity index is 1310. The normalized spacial score (nSPS) is 11.6. The number of hydrogen-bond donors (Lipinski definition) is 3. The van der Waals surface area contributed by atoms with E-state index < -0.39 is 17.0 Å². The molecule has 9 nitrogen and oxygen atoms in total. The molecule has 0 saturated carbocycles. The second-order valence-corrected chi connectivity index (χ2v) is 8.09. The molecular weight excluding hydrogens is 464 g/mol. The van der Waals surface area contributed by atoms with Gasteiger partial charge in [0.15, 0.2) is 16.9 Å². The van der Waals surface area contributed by atoms with Crippen LogP contribution in [0, 0.1) is 0 Å². The first-order valence-corrected chi connectivity index (χ1v) is 11.3. The maximum atomic E-state index is 12.8. The van der Waals surface area contributed by atoms with Crippen LogP contribution in [0.4, 0.5) is 17.6 Å². The summed E-state index contributed by atoms with van der Waals surface area (Å²) < 4.78 is 20.0. The molecular formula is C22H17ClN6O3S. The van der Waals surface area contributed by atoms with Crippen LogP contribution >= 0.6 is 11.6 Å². The molecule has 4 aromatic rings. The predicted octanol–water partition coefficient (Wildman–Crippen LogP) is 4.30. The summed E-state index contributed by atoms with van der Waals surface area (Å²) in [5.74, 6) is -0.131. The van der Waals surface area contributed by atoms with E-state index >= 15 is 0 Å². The van der Waals surface area contributed by atoms with E-state index in [0.717, 1.165) is 5.69 Å². The molecule has 1 unspecified atom stereocenters. The summed E-state index contributed by atoms with van der Waals surface area (Å²) in [6.45, 7) is 0. The first kappa shape index (κ1) is 22.5. The zero-order valence-corrected chi connectivity index (χ0v) is 18.5. The van der Waals surface area contributed by atoms with Crippen LogP contribution in [0.2, 0.25) is 5.02 Å². The van der Waals surface area contributed by atoms with E-state index in [-0.39, 0.29) is 34.1 Å². The van der Waals surface area contributed by atoms with Crippen molar-refractivity contribution in [3.05, 3.63) is 89.1 Å². The molecule has 11 heteroatoms. The number of halogens is 1. The summed E-state index contributed by atoms with van der Waals surface area (Å²) in [6, 6.07) is 19.1. The average molecular weight is 481 g/mol. The predicted molar refractivity (Wildman–Crippen MR) is 127 cm³/mol. The number of pyridine rings is 1. The third-order valence-corrected chi connectivity index (χ3v) is 5.25. The van der Waals surface area contributed by atoms with Gasteiger partial charge in [-0.3, -0.25) is 15.1 Å². The van der Waals surface area contributed by atoms with Crippen molar-refractivity contribution in [2.75, 3.05) is 10.6 Å². The van der Waals surface area contributed by atoms with Crippen LogP contribution in [0.15, 0.2) is 72.9 Å². The first-order chi connectivity index (χ1) is 16.0. The van der Waals surface area contributed by atoms with Crippen LogP contribution < -0.4 is 10.6 Å². The lowest BCUT2D eigenvalue weighted by molar-refractivity contribution is 0.102. The van der Waals surface area contributed by atoms with Crippen molar-refractivity contribution in [3.8, 4) is 11.5 Å². The Morgan fingerprint density at radius 2 is 1.73 bits per heavy atom. The molecule has 2 aromatic carbocycles. The van der Waals surface area contributed by atoms with Gasteiger partial charge in [-0.05, 0) is 42.0 Å². The van der Waals surface area contributed by atoms with Crippen molar-refractivity contribution >= 4 is 46.2 Å². The van der Waals surface area contributed by atoms with E-state index in [1.165, 1.54) is 12.1 Å². The van der Waals surface area contributed by atoms with Gasteiger partial charge in [-0.1, -0.05) is 41.9 Å². The molecule has 0 saturated heterocycles. The van der Waals surface area contributed by atoms with Crippen molar-refractivity contribution in [1.29, 1.82) is 0 Å². The Hall–Kier alpha value is -3.73. The van der Waals surface area contributed by atoms with Gasteiger partial charge in [0, 0.05) is 11.9 Å². The summed E-state index contributed by atoms with van der Waals surface area (Å²) in [5.41, 5.74) is 1.96. The lowest BCUT2D eigenvalue weighted by Crippen LogP contribution is -2.16. The summed E-state index contributed by atoms with van der Waals surface area (Å²) >= 11 is 4.21. The number of carbonyl (C=O) groups excluding carboxylic acids is 1. The SMILES string of the molecule is O=C(Nc1nc(Nc2ccccc2)nc(-c2ccccn2)n1)c1ccc(CS(=O)O)cc1Cl. The standard InChI is InChI=1S/C22H17ClN6O3S/c23-17-12-14(13-33(31)32)9-10-16(17)20(30)28-22-27-19(18-8-4-5-11-24-18)26-21(29-22)25-15-6-2-1-3-7-15/h1-12H,13H2,(H,31,32)(H2,25,26,27,28,29,30). The molecule has 1 amide bonds. The van der Waals surface area contributed by atoms with E-state index in [9.17, 15) is 9.00 Å². The Balaban J connectivity index is 1.64. The summed E-state index contributed by atoms with van der Waals surface area (Å²) in [7, 11) is 0. The Kier molecular flexibility index (Phi) is 6.98. The highest BCUT2D eigenvalue weighted by Gasteiger charge is 2.16. The topological polar surface area (TPSA) is 130 Å². The second-order valence-electron chi connectivity index (χ2n) is 6.75. The second kappa shape index (κ2) is 10.3. The van der Waals surface area contributed by atoms with Gasteiger partial charge in [-0.15, -0.1) is 0 Å². The first-order valence-electron chi connectivity index (χ1n) is 9.65. The molecule has 3 N–H and O–H groups in total. The number of para-hydroxylation sites is 1. The molecule has 0 bridgehead atoms. The molecule has 1 atom stereocenters.